The molecule has 124 valence electrons. The zero-order chi connectivity index (χ0) is 14.6. The second kappa shape index (κ2) is 8.38. The van der Waals surface area contributed by atoms with Crippen molar-refractivity contribution in [2.24, 2.45) is 17.1 Å². The number of hydrogen-bond acceptors (Lipinski definition) is 2. The molecule has 21 heavy (non-hydrogen) atoms. The van der Waals surface area contributed by atoms with Crippen LogP contribution < -0.4 is 5.73 Å². The minimum absolute atomic E-state index is 0. The van der Waals surface area contributed by atoms with E-state index in [-0.39, 0.29) is 17.8 Å². The quantitative estimate of drug-likeness (QED) is 0.858. The molecule has 3 nitrogen and oxygen atoms in total. The number of halogens is 1. The van der Waals surface area contributed by atoms with Gasteiger partial charge in [0.05, 0.1) is 0 Å². The van der Waals surface area contributed by atoms with Crippen molar-refractivity contribution in [1.29, 1.82) is 0 Å². The Hall–Kier alpha value is -0.280. The van der Waals surface area contributed by atoms with E-state index in [9.17, 15) is 4.79 Å². The van der Waals surface area contributed by atoms with Gasteiger partial charge < -0.3 is 10.6 Å². The first-order valence-electron chi connectivity index (χ1n) is 8.57. The number of rotatable bonds is 4. The number of nitrogens with zero attached hydrogens (tertiary/aromatic N) is 1. The van der Waals surface area contributed by atoms with Crippen molar-refractivity contribution in [2.45, 2.75) is 77.7 Å². The maximum atomic E-state index is 12.8. The van der Waals surface area contributed by atoms with E-state index in [2.05, 4.69) is 18.7 Å². The highest BCUT2D eigenvalue weighted by atomic mass is 35.5. The number of amides is 1. The maximum absolute atomic E-state index is 12.8. The van der Waals surface area contributed by atoms with Crippen LogP contribution in [-0.2, 0) is 4.79 Å². The Labute approximate surface area is 136 Å². The highest BCUT2D eigenvalue weighted by molar-refractivity contribution is 5.85. The molecule has 4 heteroatoms. The van der Waals surface area contributed by atoms with Crippen LogP contribution in [0.5, 0.6) is 0 Å². The molecule has 1 aliphatic heterocycles. The minimum Gasteiger partial charge on any atom is -0.339 e. The Bertz CT molecular complexity index is 327. The van der Waals surface area contributed by atoms with Gasteiger partial charge in [-0.25, -0.2) is 0 Å². The number of hydrogen-bond donors (Lipinski definition) is 1. The average Bonchev–Trinajstić information content (AvgIpc) is 2.48. The van der Waals surface area contributed by atoms with Crippen LogP contribution in [0.25, 0.3) is 0 Å². The SMILES string of the molecule is CC(C)C1CCCCN1C(=O)CC1(CN)CCCCC1.Cl. The van der Waals surface area contributed by atoms with Crippen LogP contribution in [0.4, 0.5) is 0 Å². The molecule has 2 aliphatic rings. The molecule has 0 spiro atoms. The van der Waals surface area contributed by atoms with Gasteiger partial charge in [0.2, 0.25) is 5.91 Å². The molecular formula is C17H33ClN2O. The molecule has 0 aromatic rings. The minimum atomic E-state index is 0. The summed E-state index contributed by atoms with van der Waals surface area (Å²) >= 11 is 0. The van der Waals surface area contributed by atoms with Crippen LogP contribution >= 0.6 is 12.4 Å². The summed E-state index contributed by atoms with van der Waals surface area (Å²) in [5, 5.41) is 0. The van der Waals surface area contributed by atoms with Crippen LogP contribution in [0.15, 0.2) is 0 Å². The Morgan fingerprint density at radius 1 is 1.19 bits per heavy atom. The second-order valence-corrected chi connectivity index (χ2v) is 7.34. The van der Waals surface area contributed by atoms with Crippen molar-refractivity contribution >= 4 is 18.3 Å². The van der Waals surface area contributed by atoms with Gasteiger partial charge >= 0.3 is 0 Å². The number of carbonyl (C=O) groups is 1. The Morgan fingerprint density at radius 2 is 1.86 bits per heavy atom. The van der Waals surface area contributed by atoms with Crippen LogP contribution in [-0.4, -0.2) is 29.9 Å². The van der Waals surface area contributed by atoms with Crippen LogP contribution in [0.1, 0.15) is 71.6 Å². The van der Waals surface area contributed by atoms with Gasteiger partial charge in [0.25, 0.3) is 0 Å². The zero-order valence-corrected chi connectivity index (χ0v) is 14.6. The lowest BCUT2D eigenvalue weighted by molar-refractivity contribution is -0.139. The van der Waals surface area contributed by atoms with E-state index in [1.165, 1.54) is 38.5 Å². The summed E-state index contributed by atoms with van der Waals surface area (Å²) in [5.41, 5.74) is 6.15. The predicted octanol–water partition coefficient (Wildman–Crippen LogP) is 3.74. The van der Waals surface area contributed by atoms with Crippen molar-refractivity contribution in [3.63, 3.8) is 0 Å². The van der Waals surface area contributed by atoms with Gasteiger partial charge in [0.15, 0.2) is 0 Å². The second-order valence-electron chi connectivity index (χ2n) is 7.34. The normalized spacial score (nSPS) is 25.5. The van der Waals surface area contributed by atoms with Crippen LogP contribution in [0.2, 0.25) is 0 Å². The fourth-order valence-corrected chi connectivity index (χ4v) is 4.14. The molecule has 2 rings (SSSR count). The highest BCUT2D eigenvalue weighted by Gasteiger charge is 2.37. The Balaban J connectivity index is 0.00000220. The van der Waals surface area contributed by atoms with Gasteiger partial charge in [-0.1, -0.05) is 33.1 Å². The van der Waals surface area contributed by atoms with Crippen LogP contribution in [0, 0.1) is 11.3 Å². The van der Waals surface area contributed by atoms with Crippen molar-refractivity contribution < 1.29 is 4.79 Å². The maximum Gasteiger partial charge on any atom is 0.223 e. The first kappa shape index (κ1) is 18.8. The Kier molecular flexibility index (Phi) is 7.49. The number of likely N-dealkylation sites (tertiary alicyclic amines) is 1. The van der Waals surface area contributed by atoms with Crippen molar-refractivity contribution in [2.75, 3.05) is 13.1 Å². The van der Waals surface area contributed by atoms with Gasteiger partial charge in [-0.3, -0.25) is 4.79 Å². The molecule has 1 atom stereocenters. The average molecular weight is 317 g/mol. The summed E-state index contributed by atoms with van der Waals surface area (Å²) in [5.74, 6) is 0.940. The molecular weight excluding hydrogens is 284 g/mol. The molecule has 1 aliphatic carbocycles. The summed E-state index contributed by atoms with van der Waals surface area (Å²) in [7, 11) is 0. The molecule has 2 fully saturated rings. The lowest BCUT2D eigenvalue weighted by Gasteiger charge is -2.42. The van der Waals surface area contributed by atoms with Crippen molar-refractivity contribution in [1.82, 2.24) is 4.90 Å². The number of carbonyl (C=O) groups excluding carboxylic acids is 1. The fraction of sp³-hybridized carbons (Fsp3) is 0.941. The molecule has 1 saturated carbocycles. The van der Waals surface area contributed by atoms with Gasteiger partial charge in [-0.15, -0.1) is 12.4 Å². The first-order chi connectivity index (χ1) is 9.58. The third-order valence-electron chi connectivity index (χ3n) is 5.51. The lowest BCUT2D eigenvalue weighted by atomic mass is 9.71. The monoisotopic (exact) mass is 316 g/mol. The van der Waals surface area contributed by atoms with Gasteiger partial charge in [-0.05, 0) is 50.0 Å². The molecule has 0 aromatic heterocycles. The third-order valence-corrected chi connectivity index (χ3v) is 5.51. The summed E-state index contributed by atoms with van der Waals surface area (Å²) < 4.78 is 0. The first-order valence-corrected chi connectivity index (χ1v) is 8.57. The standard InChI is InChI=1S/C17H32N2O.ClH/c1-14(2)15-8-4-7-11-19(15)16(20)12-17(13-18)9-5-3-6-10-17;/h14-15H,3-13,18H2,1-2H3;1H. The lowest BCUT2D eigenvalue weighted by Crippen LogP contribution is -2.49. The molecule has 1 unspecified atom stereocenters. The largest absolute Gasteiger partial charge is 0.339 e. The molecule has 0 bridgehead atoms. The number of piperidine rings is 1. The van der Waals surface area contributed by atoms with E-state index in [4.69, 9.17) is 5.73 Å². The molecule has 2 N–H and O–H groups in total. The van der Waals surface area contributed by atoms with Crippen molar-refractivity contribution in [3.8, 4) is 0 Å². The van der Waals surface area contributed by atoms with Crippen molar-refractivity contribution in [3.05, 3.63) is 0 Å². The highest BCUT2D eigenvalue weighted by Crippen LogP contribution is 2.39. The molecule has 1 saturated heterocycles. The molecule has 1 amide bonds. The smallest absolute Gasteiger partial charge is 0.223 e. The predicted molar refractivity (Wildman–Crippen MR) is 90.6 cm³/mol. The summed E-state index contributed by atoms with van der Waals surface area (Å²) in [6.07, 6.45) is 10.4. The van der Waals surface area contributed by atoms with E-state index < -0.39 is 0 Å². The fourth-order valence-electron chi connectivity index (χ4n) is 4.14. The van der Waals surface area contributed by atoms with Gasteiger partial charge in [0, 0.05) is 19.0 Å². The van der Waals surface area contributed by atoms with E-state index >= 15 is 0 Å². The van der Waals surface area contributed by atoms with Crippen LogP contribution in [0.3, 0.4) is 0 Å². The molecule has 0 radical (unpaired) electrons. The van der Waals surface area contributed by atoms with Gasteiger partial charge in [0.1, 0.15) is 0 Å². The molecule has 0 aromatic carbocycles. The number of nitrogens with two attached hydrogens (primary N) is 1. The van der Waals surface area contributed by atoms with Gasteiger partial charge in [-0.2, -0.15) is 0 Å². The van der Waals surface area contributed by atoms with E-state index in [1.54, 1.807) is 0 Å². The van der Waals surface area contributed by atoms with E-state index in [0.29, 0.717) is 30.8 Å². The Morgan fingerprint density at radius 3 is 2.43 bits per heavy atom. The zero-order valence-electron chi connectivity index (χ0n) is 13.8. The summed E-state index contributed by atoms with van der Waals surface area (Å²) in [6, 6.07) is 0.453. The third kappa shape index (κ3) is 4.59. The van der Waals surface area contributed by atoms with E-state index in [1.807, 2.05) is 0 Å². The van der Waals surface area contributed by atoms with E-state index in [0.717, 1.165) is 19.4 Å². The summed E-state index contributed by atoms with van der Waals surface area (Å²) in [6.45, 7) is 6.13. The summed E-state index contributed by atoms with van der Waals surface area (Å²) in [4.78, 5) is 15.0. The molecule has 1 heterocycles. The topological polar surface area (TPSA) is 46.3 Å².